The summed E-state index contributed by atoms with van der Waals surface area (Å²) in [5.74, 6) is 1.47. The Morgan fingerprint density at radius 1 is 1.00 bits per heavy atom. The standard InChI is InChI=1S/C14H16O2Si/c1-17(2)12-8-9-13(15)14(10-12)16-11-6-4-3-5-7-11/h3-10,15,17H,1-2H3. The van der Waals surface area contributed by atoms with Gasteiger partial charge in [-0.3, -0.25) is 0 Å². The van der Waals surface area contributed by atoms with Crippen molar-refractivity contribution >= 4 is 14.0 Å². The maximum atomic E-state index is 9.77. The maximum absolute atomic E-state index is 9.77. The molecule has 0 amide bonds. The predicted octanol–water partition coefficient (Wildman–Crippen LogP) is 2.88. The van der Waals surface area contributed by atoms with Gasteiger partial charge in [0.15, 0.2) is 11.5 Å². The number of ether oxygens (including phenoxy) is 1. The van der Waals surface area contributed by atoms with E-state index in [1.807, 2.05) is 42.5 Å². The molecule has 0 heterocycles. The van der Waals surface area contributed by atoms with E-state index in [1.54, 1.807) is 6.07 Å². The SMILES string of the molecule is C[SiH](C)c1ccc(O)c(Oc2ccccc2)c1. The molecule has 3 heteroatoms. The molecule has 0 fully saturated rings. The van der Waals surface area contributed by atoms with Crippen LogP contribution in [-0.2, 0) is 0 Å². The predicted molar refractivity (Wildman–Crippen MR) is 73.1 cm³/mol. The molecular weight excluding hydrogens is 228 g/mol. The van der Waals surface area contributed by atoms with Crippen molar-refractivity contribution in [1.82, 2.24) is 0 Å². The van der Waals surface area contributed by atoms with Gasteiger partial charge in [0.05, 0.1) is 8.80 Å². The molecule has 0 atom stereocenters. The summed E-state index contributed by atoms with van der Waals surface area (Å²) in [6, 6.07) is 15.1. The van der Waals surface area contributed by atoms with Crippen LogP contribution in [0.25, 0.3) is 0 Å². The van der Waals surface area contributed by atoms with Gasteiger partial charge in [-0.15, -0.1) is 0 Å². The van der Waals surface area contributed by atoms with E-state index in [2.05, 4.69) is 13.1 Å². The van der Waals surface area contributed by atoms with Crippen molar-refractivity contribution in [2.24, 2.45) is 0 Å². The maximum Gasteiger partial charge on any atom is 0.168 e. The molecule has 0 aromatic heterocycles. The van der Waals surface area contributed by atoms with Crippen LogP contribution in [0.15, 0.2) is 48.5 Å². The van der Waals surface area contributed by atoms with Gasteiger partial charge in [0, 0.05) is 0 Å². The summed E-state index contributed by atoms with van der Waals surface area (Å²) in [6.07, 6.45) is 0. The molecule has 0 aliphatic rings. The minimum absolute atomic E-state index is 0.187. The van der Waals surface area contributed by atoms with Crippen LogP contribution in [0.2, 0.25) is 13.1 Å². The summed E-state index contributed by atoms with van der Waals surface area (Å²) in [5.41, 5.74) is 0. The van der Waals surface area contributed by atoms with Crippen LogP contribution in [0.5, 0.6) is 17.2 Å². The Hall–Kier alpha value is -1.74. The lowest BCUT2D eigenvalue weighted by atomic mass is 10.3. The molecule has 2 aromatic carbocycles. The highest BCUT2D eigenvalue weighted by molar-refractivity contribution is 6.70. The molecule has 17 heavy (non-hydrogen) atoms. The van der Waals surface area contributed by atoms with Crippen molar-refractivity contribution in [3.63, 3.8) is 0 Å². The Balaban J connectivity index is 2.29. The molecule has 0 aliphatic heterocycles. The summed E-state index contributed by atoms with van der Waals surface area (Å²) in [6.45, 7) is 4.50. The van der Waals surface area contributed by atoms with E-state index in [-0.39, 0.29) is 5.75 Å². The van der Waals surface area contributed by atoms with Gasteiger partial charge in [-0.05, 0) is 24.3 Å². The first-order valence-corrected chi connectivity index (χ1v) is 8.61. The highest BCUT2D eigenvalue weighted by Crippen LogP contribution is 2.29. The summed E-state index contributed by atoms with van der Waals surface area (Å²) in [5, 5.41) is 11.1. The van der Waals surface area contributed by atoms with E-state index in [9.17, 15) is 5.11 Å². The fraction of sp³-hybridized carbons (Fsp3) is 0.143. The zero-order chi connectivity index (χ0) is 12.3. The van der Waals surface area contributed by atoms with Gasteiger partial charge >= 0.3 is 0 Å². The molecule has 0 saturated heterocycles. The lowest BCUT2D eigenvalue weighted by Gasteiger charge is -2.10. The molecule has 1 N–H and O–H groups in total. The van der Waals surface area contributed by atoms with Gasteiger partial charge in [0.2, 0.25) is 0 Å². The Morgan fingerprint density at radius 3 is 2.35 bits per heavy atom. The fourth-order valence-corrected chi connectivity index (χ4v) is 2.55. The quantitative estimate of drug-likeness (QED) is 0.841. The van der Waals surface area contributed by atoms with Crippen LogP contribution in [-0.4, -0.2) is 13.9 Å². The summed E-state index contributed by atoms with van der Waals surface area (Å²) >= 11 is 0. The van der Waals surface area contributed by atoms with Crippen LogP contribution in [0, 0.1) is 0 Å². The number of benzene rings is 2. The van der Waals surface area contributed by atoms with Gasteiger partial charge in [-0.2, -0.15) is 0 Å². The van der Waals surface area contributed by atoms with Crippen molar-refractivity contribution in [2.75, 3.05) is 0 Å². The second-order valence-corrected chi connectivity index (χ2v) is 7.27. The van der Waals surface area contributed by atoms with Crippen molar-refractivity contribution in [1.29, 1.82) is 0 Å². The first kappa shape index (κ1) is 11.7. The second kappa shape index (κ2) is 5.06. The molecule has 0 spiro atoms. The summed E-state index contributed by atoms with van der Waals surface area (Å²) in [7, 11) is -0.876. The largest absolute Gasteiger partial charge is 0.504 e. The Labute approximate surface area is 103 Å². The van der Waals surface area contributed by atoms with E-state index in [1.165, 1.54) is 5.19 Å². The van der Waals surface area contributed by atoms with Crippen molar-refractivity contribution in [3.8, 4) is 17.2 Å². The zero-order valence-electron chi connectivity index (χ0n) is 10.1. The minimum Gasteiger partial charge on any atom is -0.504 e. The molecule has 0 aliphatic carbocycles. The third-order valence-electron chi connectivity index (χ3n) is 2.62. The normalized spacial score (nSPS) is 10.5. The van der Waals surface area contributed by atoms with Gasteiger partial charge in [0.1, 0.15) is 5.75 Å². The topological polar surface area (TPSA) is 29.5 Å². The molecule has 0 saturated carbocycles. The Morgan fingerprint density at radius 2 is 1.71 bits per heavy atom. The van der Waals surface area contributed by atoms with Crippen molar-refractivity contribution in [2.45, 2.75) is 13.1 Å². The van der Waals surface area contributed by atoms with E-state index in [4.69, 9.17) is 4.74 Å². The first-order chi connectivity index (χ1) is 8.16. The van der Waals surface area contributed by atoms with Crippen molar-refractivity contribution < 1.29 is 9.84 Å². The van der Waals surface area contributed by atoms with Crippen LogP contribution in [0.4, 0.5) is 0 Å². The summed E-state index contributed by atoms with van der Waals surface area (Å²) < 4.78 is 5.67. The zero-order valence-corrected chi connectivity index (χ0v) is 11.2. The highest BCUT2D eigenvalue weighted by atomic mass is 28.3. The van der Waals surface area contributed by atoms with Crippen LogP contribution in [0.3, 0.4) is 0 Å². The lowest BCUT2D eigenvalue weighted by molar-refractivity contribution is 0.411. The smallest absolute Gasteiger partial charge is 0.168 e. The molecule has 88 valence electrons. The van der Waals surface area contributed by atoms with E-state index >= 15 is 0 Å². The number of hydrogen-bond donors (Lipinski definition) is 1. The average molecular weight is 244 g/mol. The number of phenols is 1. The molecular formula is C14H16O2Si. The molecule has 0 bridgehead atoms. The number of phenolic OH excluding ortho intramolecular Hbond substituents is 1. The Kier molecular flexibility index (Phi) is 3.49. The Bertz CT molecular complexity index is 495. The van der Waals surface area contributed by atoms with Gasteiger partial charge in [-0.25, -0.2) is 0 Å². The van der Waals surface area contributed by atoms with E-state index < -0.39 is 8.80 Å². The van der Waals surface area contributed by atoms with Gasteiger partial charge in [0.25, 0.3) is 0 Å². The molecule has 0 radical (unpaired) electrons. The minimum atomic E-state index is -0.876. The molecule has 2 rings (SSSR count). The summed E-state index contributed by atoms with van der Waals surface area (Å²) in [4.78, 5) is 0. The fourth-order valence-electron chi connectivity index (χ4n) is 1.59. The van der Waals surface area contributed by atoms with Gasteiger partial charge in [-0.1, -0.05) is 42.5 Å². The lowest BCUT2D eigenvalue weighted by Crippen LogP contribution is -2.21. The molecule has 2 aromatic rings. The van der Waals surface area contributed by atoms with E-state index in [0.717, 1.165) is 5.75 Å². The highest BCUT2D eigenvalue weighted by Gasteiger charge is 2.07. The molecule has 0 unspecified atom stereocenters. The van der Waals surface area contributed by atoms with E-state index in [0.29, 0.717) is 5.75 Å². The first-order valence-electron chi connectivity index (χ1n) is 5.72. The number of aromatic hydroxyl groups is 1. The second-order valence-electron chi connectivity index (χ2n) is 4.30. The van der Waals surface area contributed by atoms with Crippen LogP contribution < -0.4 is 9.92 Å². The van der Waals surface area contributed by atoms with Crippen LogP contribution in [0.1, 0.15) is 0 Å². The van der Waals surface area contributed by atoms with Crippen molar-refractivity contribution in [3.05, 3.63) is 48.5 Å². The number of para-hydroxylation sites is 1. The third-order valence-corrected chi connectivity index (χ3v) is 4.31. The average Bonchev–Trinajstić information content (AvgIpc) is 2.33. The van der Waals surface area contributed by atoms with Crippen LogP contribution >= 0.6 is 0 Å². The molecule has 2 nitrogen and oxygen atoms in total. The number of hydrogen-bond acceptors (Lipinski definition) is 2. The monoisotopic (exact) mass is 244 g/mol. The third kappa shape index (κ3) is 2.88. The van der Waals surface area contributed by atoms with Gasteiger partial charge < -0.3 is 9.84 Å². The number of rotatable bonds is 3.